The van der Waals surface area contributed by atoms with E-state index in [4.69, 9.17) is 0 Å². The molecule has 0 amide bonds. The van der Waals surface area contributed by atoms with Crippen molar-refractivity contribution in [3.63, 3.8) is 0 Å². The molecule has 0 aliphatic carbocycles. The zero-order valence-corrected chi connectivity index (χ0v) is 11.9. The Bertz CT molecular complexity index is 502. The van der Waals surface area contributed by atoms with Crippen LogP contribution in [0.2, 0.25) is 0 Å². The third kappa shape index (κ3) is 3.44. The molecule has 2 rings (SSSR count). The molecule has 2 aromatic rings. The lowest BCUT2D eigenvalue weighted by molar-refractivity contribution is 0.671. The van der Waals surface area contributed by atoms with Crippen molar-refractivity contribution in [1.82, 2.24) is 14.9 Å². The van der Waals surface area contributed by atoms with Crippen molar-refractivity contribution in [2.24, 2.45) is 0 Å². The minimum Gasteiger partial charge on any atom is -0.313 e. The maximum absolute atomic E-state index is 4.46. The van der Waals surface area contributed by atoms with Gasteiger partial charge in [0.15, 0.2) is 0 Å². The number of aromatic nitrogens is 2. The van der Waals surface area contributed by atoms with Gasteiger partial charge in [0.1, 0.15) is 5.82 Å². The van der Waals surface area contributed by atoms with E-state index in [1.165, 1.54) is 11.3 Å². The summed E-state index contributed by atoms with van der Waals surface area (Å²) in [6, 6.07) is 8.55. The van der Waals surface area contributed by atoms with Gasteiger partial charge in [0.25, 0.3) is 0 Å². The van der Waals surface area contributed by atoms with E-state index in [1.54, 1.807) is 0 Å². The Hall–Kier alpha value is -1.61. The van der Waals surface area contributed by atoms with Crippen LogP contribution in [0.3, 0.4) is 0 Å². The summed E-state index contributed by atoms with van der Waals surface area (Å²) in [4.78, 5) is 4.46. The number of hydrogen-bond acceptors (Lipinski definition) is 2. The van der Waals surface area contributed by atoms with Gasteiger partial charge in [-0.2, -0.15) is 0 Å². The molecular formula is C16H23N3. The third-order valence-corrected chi connectivity index (χ3v) is 3.18. The number of rotatable bonds is 7. The average molecular weight is 257 g/mol. The van der Waals surface area contributed by atoms with Crippen molar-refractivity contribution >= 4 is 0 Å². The van der Waals surface area contributed by atoms with E-state index in [2.05, 4.69) is 59.2 Å². The quantitative estimate of drug-likeness (QED) is 0.771. The van der Waals surface area contributed by atoms with E-state index in [0.29, 0.717) is 0 Å². The van der Waals surface area contributed by atoms with E-state index in [0.717, 1.165) is 38.2 Å². The van der Waals surface area contributed by atoms with Crippen LogP contribution in [-0.4, -0.2) is 16.1 Å². The fourth-order valence-electron chi connectivity index (χ4n) is 2.26. The molecule has 0 saturated carbocycles. The Kier molecular flexibility index (Phi) is 5.16. The molecule has 0 unspecified atom stereocenters. The Balaban J connectivity index is 2.25. The lowest BCUT2D eigenvalue weighted by Crippen LogP contribution is -2.15. The highest BCUT2D eigenvalue weighted by atomic mass is 15.1. The van der Waals surface area contributed by atoms with E-state index >= 15 is 0 Å². The summed E-state index contributed by atoms with van der Waals surface area (Å²) < 4.78 is 2.21. The fraction of sp³-hybridized carbons (Fsp3) is 0.438. The summed E-state index contributed by atoms with van der Waals surface area (Å²) in [5.41, 5.74) is 2.57. The number of imidazole rings is 1. The van der Waals surface area contributed by atoms with Crippen molar-refractivity contribution in [2.75, 3.05) is 6.54 Å². The minimum atomic E-state index is 0.910. The van der Waals surface area contributed by atoms with Crippen LogP contribution in [0.15, 0.2) is 36.7 Å². The maximum Gasteiger partial charge on any atom is 0.113 e. The van der Waals surface area contributed by atoms with Crippen molar-refractivity contribution in [2.45, 2.75) is 39.7 Å². The smallest absolute Gasteiger partial charge is 0.113 e. The van der Waals surface area contributed by atoms with Crippen LogP contribution in [0.1, 0.15) is 38.1 Å². The van der Waals surface area contributed by atoms with Gasteiger partial charge in [-0.05, 0) is 31.0 Å². The molecule has 0 fully saturated rings. The van der Waals surface area contributed by atoms with E-state index in [1.807, 2.05) is 6.20 Å². The highest BCUT2D eigenvalue weighted by molar-refractivity contribution is 5.42. The average Bonchev–Trinajstić information content (AvgIpc) is 2.88. The van der Waals surface area contributed by atoms with Crippen LogP contribution in [0.4, 0.5) is 0 Å². The van der Waals surface area contributed by atoms with E-state index in [9.17, 15) is 0 Å². The van der Waals surface area contributed by atoms with Crippen molar-refractivity contribution in [3.8, 4) is 5.69 Å². The van der Waals surface area contributed by atoms with Gasteiger partial charge in [0.05, 0.1) is 5.69 Å². The molecule has 0 atom stereocenters. The number of nitrogens with zero attached hydrogens (tertiary/aromatic N) is 2. The standard InChI is InChI=1S/C16H23N3/c1-3-7-16-18-11-12-19(16)15-9-6-5-8-14(15)13-17-10-4-2/h5-6,8-9,11-12,17H,3-4,7,10,13H2,1-2H3. The van der Waals surface area contributed by atoms with Crippen LogP contribution in [-0.2, 0) is 13.0 Å². The van der Waals surface area contributed by atoms with Gasteiger partial charge in [-0.3, -0.25) is 0 Å². The predicted molar refractivity (Wildman–Crippen MR) is 79.6 cm³/mol. The predicted octanol–water partition coefficient (Wildman–Crippen LogP) is 3.32. The van der Waals surface area contributed by atoms with Gasteiger partial charge in [0, 0.05) is 25.4 Å². The van der Waals surface area contributed by atoms with Gasteiger partial charge in [0.2, 0.25) is 0 Å². The molecule has 0 radical (unpaired) electrons. The number of aryl methyl sites for hydroxylation is 1. The first kappa shape index (κ1) is 13.8. The molecule has 0 aliphatic rings. The topological polar surface area (TPSA) is 29.9 Å². The molecule has 1 aromatic carbocycles. The van der Waals surface area contributed by atoms with Crippen LogP contribution in [0.25, 0.3) is 5.69 Å². The molecular weight excluding hydrogens is 234 g/mol. The summed E-state index contributed by atoms with van der Waals surface area (Å²) in [6.07, 6.45) is 7.25. The van der Waals surface area contributed by atoms with Crippen LogP contribution < -0.4 is 5.32 Å². The molecule has 0 bridgehead atoms. The normalized spacial score (nSPS) is 10.8. The zero-order valence-electron chi connectivity index (χ0n) is 11.9. The molecule has 19 heavy (non-hydrogen) atoms. The van der Waals surface area contributed by atoms with Crippen LogP contribution in [0.5, 0.6) is 0 Å². The minimum absolute atomic E-state index is 0.910. The summed E-state index contributed by atoms with van der Waals surface area (Å²) in [5, 5.41) is 3.47. The first-order chi connectivity index (χ1) is 9.36. The monoisotopic (exact) mass is 257 g/mol. The molecule has 1 N–H and O–H groups in total. The highest BCUT2D eigenvalue weighted by Gasteiger charge is 2.07. The largest absolute Gasteiger partial charge is 0.313 e. The number of benzene rings is 1. The Morgan fingerprint density at radius 3 is 2.79 bits per heavy atom. The summed E-state index contributed by atoms with van der Waals surface area (Å²) in [6.45, 7) is 6.34. The van der Waals surface area contributed by atoms with E-state index < -0.39 is 0 Å². The Morgan fingerprint density at radius 2 is 2.00 bits per heavy atom. The lowest BCUT2D eigenvalue weighted by atomic mass is 10.1. The molecule has 0 spiro atoms. The second-order valence-electron chi connectivity index (χ2n) is 4.77. The summed E-state index contributed by atoms with van der Waals surface area (Å²) in [5.74, 6) is 1.14. The van der Waals surface area contributed by atoms with Crippen molar-refractivity contribution < 1.29 is 0 Å². The molecule has 0 aliphatic heterocycles. The van der Waals surface area contributed by atoms with Gasteiger partial charge in [-0.25, -0.2) is 4.98 Å². The molecule has 1 heterocycles. The zero-order chi connectivity index (χ0) is 13.5. The number of para-hydroxylation sites is 1. The molecule has 3 nitrogen and oxygen atoms in total. The van der Waals surface area contributed by atoms with Gasteiger partial charge in [-0.1, -0.05) is 32.0 Å². The number of hydrogen-bond donors (Lipinski definition) is 1. The van der Waals surface area contributed by atoms with Gasteiger partial charge >= 0.3 is 0 Å². The summed E-state index contributed by atoms with van der Waals surface area (Å²) >= 11 is 0. The Morgan fingerprint density at radius 1 is 1.16 bits per heavy atom. The lowest BCUT2D eigenvalue weighted by Gasteiger charge is -2.13. The van der Waals surface area contributed by atoms with Crippen molar-refractivity contribution in [1.29, 1.82) is 0 Å². The molecule has 1 aromatic heterocycles. The van der Waals surface area contributed by atoms with Crippen LogP contribution >= 0.6 is 0 Å². The first-order valence-electron chi connectivity index (χ1n) is 7.18. The van der Waals surface area contributed by atoms with E-state index in [-0.39, 0.29) is 0 Å². The first-order valence-corrected chi connectivity index (χ1v) is 7.18. The number of nitrogens with one attached hydrogen (secondary N) is 1. The van der Waals surface area contributed by atoms with Crippen molar-refractivity contribution in [3.05, 3.63) is 48.0 Å². The van der Waals surface area contributed by atoms with Gasteiger partial charge < -0.3 is 9.88 Å². The SMILES string of the molecule is CCCNCc1ccccc1-n1ccnc1CCC. The second-order valence-corrected chi connectivity index (χ2v) is 4.77. The Labute approximate surface area is 115 Å². The van der Waals surface area contributed by atoms with Crippen LogP contribution in [0, 0.1) is 0 Å². The molecule has 0 saturated heterocycles. The third-order valence-electron chi connectivity index (χ3n) is 3.18. The summed E-state index contributed by atoms with van der Waals surface area (Å²) in [7, 11) is 0. The maximum atomic E-state index is 4.46. The fourth-order valence-corrected chi connectivity index (χ4v) is 2.26. The highest BCUT2D eigenvalue weighted by Crippen LogP contribution is 2.17. The van der Waals surface area contributed by atoms with Gasteiger partial charge in [-0.15, -0.1) is 0 Å². The molecule has 102 valence electrons. The second kappa shape index (κ2) is 7.10. The molecule has 3 heteroatoms.